The molecule has 0 saturated heterocycles. The van der Waals surface area contributed by atoms with Gasteiger partial charge >= 0.3 is 0 Å². The van der Waals surface area contributed by atoms with Crippen LogP contribution in [0, 0.1) is 0 Å². The van der Waals surface area contributed by atoms with Gasteiger partial charge in [0, 0.05) is 25.6 Å². The summed E-state index contributed by atoms with van der Waals surface area (Å²) >= 11 is 0. The smallest absolute Gasteiger partial charge is 0.221 e. The maximum absolute atomic E-state index is 11.3. The highest BCUT2D eigenvalue weighted by molar-refractivity contribution is 5.76. The zero-order chi connectivity index (χ0) is 10.4. The van der Waals surface area contributed by atoms with Crippen LogP contribution in [0.15, 0.2) is 0 Å². The molecular weight excluding hydrogens is 180 g/mol. The first-order valence-electron chi connectivity index (χ1n) is 5.31. The van der Waals surface area contributed by atoms with Gasteiger partial charge < -0.3 is 15.4 Å². The summed E-state index contributed by atoms with van der Waals surface area (Å²) in [6.45, 7) is 3.51. The molecule has 0 unspecified atom stereocenters. The number of nitrogens with one attached hydrogen (secondary N) is 2. The molecular formula is C10H20N2O2. The molecule has 14 heavy (non-hydrogen) atoms. The number of amides is 1. The van der Waals surface area contributed by atoms with Gasteiger partial charge in [0.15, 0.2) is 0 Å². The molecule has 1 aliphatic rings. The number of carbonyl (C=O) groups excluding carboxylic acids is 1. The minimum Gasteiger partial charge on any atom is -0.378 e. The third kappa shape index (κ3) is 3.64. The lowest BCUT2D eigenvalue weighted by Crippen LogP contribution is -2.48. The predicted octanol–water partition coefficient (Wildman–Crippen LogP) is 0.280. The molecule has 0 aliphatic heterocycles. The Balaban J connectivity index is 2.01. The van der Waals surface area contributed by atoms with Crippen LogP contribution in [-0.2, 0) is 9.53 Å². The van der Waals surface area contributed by atoms with Crippen molar-refractivity contribution in [3.05, 3.63) is 0 Å². The van der Waals surface area contributed by atoms with E-state index in [0.29, 0.717) is 18.6 Å². The average molecular weight is 200 g/mol. The lowest BCUT2D eigenvalue weighted by Gasteiger charge is -2.35. The maximum atomic E-state index is 11.3. The summed E-state index contributed by atoms with van der Waals surface area (Å²) in [5.41, 5.74) is 0. The molecule has 1 aliphatic carbocycles. The molecule has 0 aromatic heterocycles. The molecule has 1 saturated carbocycles. The van der Waals surface area contributed by atoms with Crippen molar-refractivity contribution >= 4 is 5.91 Å². The molecule has 0 spiro atoms. The van der Waals surface area contributed by atoms with E-state index >= 15 is 0 Å². The minimum absolute atomic E-state index is 0.138. The molecule has 0 heterocycles. The topological polar surface area (TPSA) is 50.4 Å². The van der Waals surface area contributed by atoms with E-state index in [4.69, 9.17) is 4.74 Å². The van der Waals surface area contributed by atoms with Crippen molar-refractivity contribution in [1.82, 2.24) is 10.6 Å². The Bertz CT molecular complexity index is 179. The second-order valence-electron chi connectivity index (χ2n) is 3.67. The van der Waals surface area contributed by atoms with Gasteiger partial charge in [-0.25, -0.2) is 0 Å². The monoisotopic (exact) mass is 200 g/mol. The average Bonchev–Trinajstić information content (AvgIpc) is 2.11. The second kappa shape index (κ2) is 5.98. The summed E-state index contributed by atoms with van der Waals surface area (Å²) < 4.78 is 5.41. The van der Waals surface area contributed by atoms with Crippen LogP contribution in [0.5, 0.6) is 0 Å². The van der Waals surface area contributed by atoms with Crippen molar-refractivity contribution in [3.8, 4) is 0 Å². The summed E-state index contributed by atoms with van der Waals surface area (Å²) in [7, 11) is 1.85. The fraction of sp³-hybridized carbons (Fsp3) is 0.900. The Morgan fingerprint density at radius 1 is 1.50 bits per heavy atom. The summed E-state index contributed by atoms with van der Waals surface area (Å²) in [6, 6.07) is 0.343. The molecule has 4 nitrogen and oxygen atoms in total. The van der Waals surface area contributed by atoms with Gasteiger partial charge in [0.25, 0.3) is 0 Å². The van der Waals surface area contributed by atoms with Gasteiger partial charge in [-0.05, 0) is 26.8 Å². The number of ether oxygens (including phenoxy) is 1. The molecule has 0 aromatic rings. The predicted molar refractivity (Wildman–Crippen MR) is 55.1 cm³/mol. The first kappa shape index (κ1) is 11.5. The third-order valence-electron chi connectivity index (χ3n) is 2.46. The second-order valence-corrected chi connectivity index (χ2v) is 3.67. The third-order valence-corrected chi connectivity index (χ3v) is 2.46. The molecule has 1 amide bonds. The zero-order valence-corrected chi connectivity index (χ0v) is 9.01. The van der Waals surface area contributed by atoms with E-state index < -0.39 is 0 Å². The van der Waals surface area contributed by atoms with Crippen molar-refractivity contribution in [3.63, 3.8) is 0 Å². The summed E-state index contributed by atoms with van der Waals surface area (Å²) in [5, 5.41) is 5.93. The largest absolute Gasteiger partial charge is 0.378 e. The van der Waals surface area contributed by atoms with Crippen molar-refractivity contribution in [2.24, 2.45) is 0 Å². The highest BCUT2D eigenvalue weighted by atomic mass is 16.5. The van der Waals surface area contributed by atoms with E-state index in [2.05, 4.69) is 10.6 Å². The molecule has 0 aromatic carbocycles. The Hall–Kier alpha value is -0.610. The molecule has 1 fully saturated rings. The first-order valence-corrected chi connectivity index (χ1v) is 5.31. The maximum Gasteiger partial charge on any atom is 0.221 e. The van der Waals surface area contributed by atoms with Gasteiger partial charge in [-0.2, -0.15) is 0 Å². The van der Waals surface area contributed by atoms with E-state index in [1.165, 1.54) is 0 Å². The highest BCUT2D eigenvalue weighted by Crippen LogP contribution is 2.23. The molecule has 1 rings (SSSR count). The van der Waals surface area contributed by atoms with Crippen LogP contribution in [0.3, 0.4) is 0 Å². The molecule has 4 heteroatoms. The summed E-state index contributed by atoms with van der Waals surface area (Å²) in [5.74, 6) is 0.138. The van der Waals surface area contributed by atoms with Crippen molar-refractivity contribution < 1.29 is 9.53 Å². The van der Waals surface area contributed by atoms with Crippen LogP contribution in [0.25, 0.3) is 0 Å². The number of hydrogen-bond donors (Lipinski definition) is 2. The fourth-order valence-electron chi connectivity index (χ4n) is 1.59. The number of carbonyl (C=O) groups is 1. The molecule has 82 valence electrons. The van der Waals surface area contributed by atoms with Gasteiger partial charge in [-0.3, -0.25) is 4.79 Å². The van der Waals surface area contributed by atoms with Gasteiger partial charge in [0.05, 0.1) is 6.10 Å². The van der Waals surface area contributed by atoms with E-state index in [1.54, 1.807) is 0 Å². The molecule has 2 N–H and O–H groups in total. The van der Waals surface area contributed by atoms with E-state index in [-0.39, 0.29) is 5.91 Å². The normalized spacial score (nSPS) is 25.6. The Kier molecular flexibility index (Phi) is 4.90. The van der Waals surface area contributed by atoms with Gasteiger partial charge in [0.1, 0.15) is 0 Å². The number of rotatable bonds is 6. The van der Waals surface area contributed by atoms with Gasteiger partial charge in [-0.1, -0.05) is 0 Å². The van der Waals surface area contributed by atoms with Crippen LogP contribution in [0.2, 0.25) is 0 Å². The van der Waals surface area contributed by atoms with Crippen LogP contribution in [-0.4, -0.2) is 38.3 Å². The van der Waals surface area contributed by atoms with Crippen molar-refractivity contribution in [2.45, 2.75) is 38.3 Å². The lowest BCUT2D eigenvalue weighted by molar-refractivity contribution is -0.123. The van der Waals surface area contributed by atoms with Crippen molar-refractivity contribution in [1.29, 1.82) is 0 Å². The lowest BCUT2D eigenvalue weighted by atomic mass is 9.89. The van der Waals surface area contributed by atoms with Crippen LogP contribution < -0.4 is 10.6 Å². The molecule has 0 bridgehead atoms. The quantitative estimate of drug-likeness (QED) is 0.647. The van der Waals surface area contributed by atoms with E-state index in [0.717, 1.165) is 26.0 Å². The SMILES string of the molecule is CCOC1CC(NC(=O)CCNC)C1. The standard InChI is InChI=1S/C10H20N2O2/c1-3-14-9-6-8(7-9)12-10(13)4-5-11-2/h8-9,11H,3-7H2,1-2H3,(H,12,13). The van der Waals surface area contributed by atoms with Crippen LogP contribution in [0.1, 0.15) is 26.2 Å². The summed E-state index contributed by atoms with van der Waals surface area (Å²) in [6.07, 6.45) is 2.87. The fourth-order valence-corrected chi connectivity index (χ4v) is 1.59. The minimum atomic E-state index is 0.138. The van der Waals surface area contributed by atoms with Crippen molar-refractivity contribution in [2.75, 3.05) is 20.2 Å². The number of hydrogen-bond acceptors (Lipinski definition) is 3. The van der Waals surface area contributed by atoms with Crippen LogP contribution in [0.4, 0.5) is 0 Å². The highest BCUT2D eigenvalue weighted by Gasteiger charge is 2.30. The van der Waals surface area contributed by atoms with Gasteiger partial charge in [-0.15, -0.1) is 0 Å². The molecule has 0 atom stereocenters. The van der Waals surface area contributed by atoms with E-state index in [9.17, 15) is 4.79 Å². The Labute approximate surface area is 85.4 Å². The summed E-state index contributed by atoms with van der Waals surface area (Å²) in [4.78, 5) is 11.3. The van der Waals surface area contributed by atoms with Gasteiger partial charge in [0.2, 0.25) is 5.91 Å². The van der Waals surface area contributed by atoms with Crippen LogP contribution >= 0.6 is 0 Å². The zero-order valence-electron chi connectivity index (χ0n) is 9.01. The Morgan fingerprint density at radius 2 is 2.21 bits per heavy atom. The first-order chi connectivity index (χ1) is 6.76. The molecule has 0 radical (unpaired) electrons. The Morgan fingerprint density at radius 3 is 2.79 bits per heavy atom. The van der Waals surface area contributed by atoms with E-state index in [1.807, 2.05) is 14.0 Å².